The summed E-state index contributed by atoms with van der Waals surface area (Å²) in [5, 5.41) is 1.83. The van der Waals surface area contributed by atoms with Crippen LogP contribution in [0.1, 0.15) is 65.7 Å². The predicted molar refractivity (Wildman–Crippen MR) is 103 cm³/mol. The van der Waals surface area contributed by atoms with Crippen molar-refractivity contribution in [3.05, 3.63) is 42.5 Å². The molecule has 0 aliphatic heterocycles. The fourth-order valence-electron chi connectivity index (χ4n) is 3.54. The van der Waals surface area contributed by atoms with Gasteiger partial charge in [-0.05, 0) is 31.2 Å². The van der Waals surface area contributed by atoms with Crippen molar-refractivity contribution >= 4 is 20.6 Å². The Hall–Kier alpha value is -1.35. The van der Waals surface area contributed by atoms with Gasteiger partial charge >= 0.3 is 0 Å². The molecule has 2 aromatic rings. The van der Waals surface area contributed by atoms with Crippen molar-refractivity contribution in [3.8, 4) is 0 Å². The van der Waals surface area contributed by atoms with Crippen molar-refractivity contribution in [3.63, 3.8) is 0 Å². The minimum atomic E-state index is -3.38. The second kappa shape index (κ2) is 8.15. The first-order valence-electron chi connectivity index (χ1n) is 9.18. The Morgan fingerprint density at radius 2 is 1.54 bits per heavy atom. The Labute approximate surface area is 147 Å². The highest BCUT2D eigenvalue weighted by molar-refractivity contribution is 7.93. The molecule has 0 spiro atoms. The summed E-state index contributed by atoms with van der Waals surface area (Å²) in [4.78, 5) is 0.493. The molecule has 0 amide bonds. The highest BCUT2D eigenvalue weighted by Crippen LogP contribution is 2.37. The molecule has 0 radical (unpaired) electrons. The highest BCUT2D eigenvalue weighted by Gasteiger charge is 2.39. The largest absolute Gasteiger partial charge is 0.223 e. The SMILES string of the molecule is CCCCCCC(C)(CCC)S(=O)(=O)c1cccc2ccccc12. The molecule has 1 unspecified atom stereocenters. The number of benzene rings is 2. The van der Waals surface area contributed by atoms with E-state index in [-0.39, 0.29) is 0 Å². The molecule has 0 aromatic heterocycles. The van der Waals surface area contributed by atoms with Crippen LogP contribution in [0.25, 0.3) is 10.8 Å². The van der Waals surface area contributed by atoms with E-state index in [1.165, 1.54) is 12.8 Å². The summed E-state index contributed by atoms with van der Waals surface area (Å²) in [5.41, 5.74) is 0. The highest BCUT2D eigenvalue weighted by atomic mass is 32.2. The van der Waals surface area contributed by atoms with Gasteiger partial charge in [-0.15, -0.1) is 0 Å². The van der Waals surface area contributed by atoms with Gasteiger partial charge in [0.2, 0.25) is 0 Å². The molecule has 3 heteroatoms. The molecule has 132 valence electrons. The first kappa shape index (κ1) is 19.0. The van der Waals surface area contributed by atoms with E-state index in [4.69, 9.17) is 0 Å². The zero-order valence-electron chi connectivity index (χ0n) is 15.2. The monoisotopic (exact) mass is 346 g/mol. The third-order valence-corrected chi connectivity index (χ3v) is 7.67. The number of unbranched alkanes of at least 4 members (excludes halogenated alkanes) is 3. The minimum absolute atomic E-state index is 0.493. The number of rotatable bonds is 9. The van der Waals surface area contributed by atoms with Crippen molar-refractivity contribution in [2.75, 3.05) is 0 Å². The summed E-state index contributed by atoms with van der Waals surface area (Å²) in [6.07, 6.45) is 6.78. The number of hydrogen-bond donors (Lipinski definition) is 0. The quantitative estimate of drug-likeness (QED) is 0.511. The van der Waals surface area contributed by atoms with Crippen LogP contribution < -0.4 is 0 Å². The molecule has 0 aliphatic rings. The topological polar surface area (TPSA) is 34.1 Å². The van der Waals surface area contributed by atoms with Gasteiger partial charge in [0.1, 0.15) is 0 Å². The molecule has 0 saturated carbocycles. The van der Waals surface area contributed by atoms with E-state index in [2.05, 4.69) is 13.8 Å². The van der Waals surface area contributed by atoms with E-state index in [9.17, 15) is 8.42 Å². The van der Waals surface area contributed by atoms with E-state index in [0.717, 1.165) is 36.5 Å². The van der Waals surface area contributed by atoms with Crippen molar-refractivity contribution in [2.45, 2.75) is 75.4 Å². The summed E-state index contributed by atoms with van der Waals surface area (Å²) in [5.74, 6) is 0. The summed E-state index contributed by atoms with van der Waals surface area (Å²) in [6, 6.07) is 13.4. The van der Waals surface area contributed by atoms with Crippen LogP contribution in [-0.4, -0.2) is 13.2 Å². The van der Waals surface area contributed by atoms with Crippen molar-refractivity contribution in [1.29, 1.82) is 0 Å². The molecule has 0 bridgehead atoms. The smallest absolute Gasteiger partial charge is 0.184 e. The second-order valence-corrected chi connectivity index (χ2v) is 9.42. The minimum Gasteiger partial charge on any atom is -0.223 e. The van der Waals surface area contributed by atoms with Gasteiger partial charge in [-0.2, -0.15) is 0 Å². The maximum atomic E-state index is 13.5. The van der Waals surface area contributed by atoms with Gasteiger partial charge in [0.25, 0.3) is 0 Å². The lowest BCUT2D eigenvalue weighted by atomic mass is 9.97. The maximum Gasteiger partial charge on any atom is 0.184 e. The van der Waals surface area contributed by atoms with Crippen molar-refractivity contribution in [1.82, 2.24) is 0 Å². The van der Waals surface area contributed by atoms with E-state index in [1.807, 2.05) is 43.3 Å². The molecule has 2 aromatic carbocycles. The van der Waals surface area contributed by atoms with Crippen LogP contribution in [-0.2, 0) is 9.84 Å². The van der Waals surface area contributed by atoms with Crippen LogP contribution in [0.2, 0.25) is 0 Å². The van der Waals surface area contributed by atoms with E-state index < -0.39 is 14.6 Å². The molecule has 24 heavy (non-hydrogen) atoms. The zero-order chi connectivity index (χ0) is 17.6. The van der Waals surface area contributed by atoms with Crippen LogP contribution in [0, 0.1) is 0 Å². The lowest BCUT2D eigenvalue weighted by Gasteiger charge is -2.30. The molecular weight excluding hydrogens is 316 g/mol. The average molecular weight is 347 g/mol. The van der Waals surface area contributed by atoms with Crippen molar-refractivity contribution < 1.29 is 8.42 Å². The molecule has 2 rings (SSSR count). The third-order valence-electron chi connectivity index (χ3n) is 5.03. The van der Waals surface area contributed by atoms with Gasteiger partial charge in [0.05, 0.1) is 9.64 Å². The molecule has 1 atom stereocenters. The van der Waals surface area contributed by atoms with E-state index in [0.29, 0.717) is 11.3 Å². The molecule has 0 heterocycles. The number of hydrogen-bond acceptors (Lipinski definition) is 2. The van der Waals surface area contributed by atoms with E-state index >= 15 is 0 Å². The second-order valence-electron chi connectivity index (χ2n) is 6.99. The number of sulfone groups is 1. The number of fused-ring (bicyclic) bond motifs is 1. The third kappa shape index (κ3) is 3.83. The maximum absolute atomic E-state index is 13.5. The Kier molecular flexibility index (Phi) is 6.45. The molecule has 0 saturated heterocycles. The Bertz CT molecular complexity index is 759. The lowest BCUT2D eigenvalue weighted by Crippen LogP contribution is -2.35. The van der Waals surface area contributed by atoms with Crippen LogP contribution in [0.3, 0.4) is 0 Å². The zero-order valence-corrected chi connectivity index (χ0v) is 16.0. The summed E-state index contributed by atoms with van der Waals surface area (Å²) < 4.78 is 26.4. The van der Waals surface area contributed by atoms with Crippen LogP contribution in [0.15, 0.2) is 47.4 Å². The molecule has 0 aliphatic carbocycles. The van der Waals surface area contributed by atoms with Gasteiger partial charge < -0.3 is 0 Å². The standard InChI is InChI=1S/C21H30O2S/c1-4-6-7-10-17-21(3,16-5-2)24(22,23)20-15-11-13-18-12-8-9-14-19(18)20/h8-9,11-15H,4-7,10,16-17H2,1-3H3. The predicted octanol–water partition coefficient (Wildman–Crippen LogP) is 6.14. The normalized spacial score (nSPS) is 14.6. The van der Waals surface area contributed by atoms with Gasteiger partial charge in [0, 0.05) is 5.39 Å². The lowest BCUT2D eigenvalue weighted by molar-refractivity contribution is 0.453. The van der Waals surface area contributed by atoms with Crippen molar-refractivity contribution in [2.24, 2.45) is 0 Å². The van der Waals surface area contributed by atoms with Gasteiger partial charge in [0.15, 0.2) is 9.84 Å². The van der Waals surface area contributed by atoms with Gasteiger partial charge in [-0.25, -0.2) is 8.42 Å². The van der Waals surface area contributed by atoms with Crippen LogP contribution in [0.4, 0.5) is 0 Å². The molecule has 0 N–H and O–H groups in total. The van der Waals surface area contributed by atoms with E-state index in [1.54, 1.807) is 6.07 Å². The first-order valence-corrected chi connectivity index (χ1v) is 10.7. The molecule has 2 nitrogen and oxygen atoms in total. The molecule has 0 fully saturated rings. The summed E-state index contributed by atoms with van der Waals surface area (Å²) >= 11 is 0. The first-order chi connectivity index (χ1) is 11.5. The Balaban J connectivity index is 2.43. The summed E-state index contributed by atoms with van der Waals surface area (Å²) in [7, 11) is -3.38. The Morgan fingerprint density at radius 3 is 2.25 bits per heavy atom. The molecular formula is C21H30O2S. The fourth-order valence-corrected chi connectivity index (χ4v) is 5.69. The van der Waals surface area contributed by atoms with Gasteiger partial charge in [-0.3, -0.25) is 0 Å². The summed E-state index contributed by atoms with van der Waals surface area (Å²) in [6.45, 7) is 6.19. The Morgan fingerprint density at radius 1 is 0.833 bits per heavy atom. The van der Waals surface area contributed by atoms with Crippen LogP contribution >= 0.6 is 0 Å². The average Bonchev–Trinajstić information content (AvgIpc) is 2.58. The van der Waals surface area contributed by atoms with Crippen LogP contribution in [0.5, 0.6) is 0 Å². The van der Waals surface area contributed by atoms with Gasteiger partial charge in [-0.1, -0.05) is 82.3 Å². The fraction of sp³-hybridized carbons (Fsp3) is 0.524.